The van der Waals surface area contributed by atoms with Crippen LogP contribution in [0.15, 0.2) is 64.1 Å². The molecule has 1 atom stereocenters. The average molecular weight is 450 g/mol. The molecule has 2 N–H and O–H groups in total. The second-order valence-corrected chi connectivity index (χ2v) is 8.90. The molecule has 174 valence electrons. The van der Waals surface area contributed by atoms with Crippen LogP contribution in [0.4, 0.5) is 4.39 Å². The van der Waals surface area contributed by atoms with E-state index in [0.717, 1.165) is 42.8 Å². The third-order valence-corrected chi connectivity index (χ3v) is 6.51. The van der Waals surface area contributed by atoms with Crippen molar-refractivity contribution < 1.29 is 8.91 Å². The third-order valence-electron chi connectivity index (χ3n) is 6.51. The van der Waals surface area contributed by atoms with E-state index in [1.165, 1.54) is 0 Å². The van der Waals surface area contributed by atoms with Crippen molar-refractivity contribution in [3.05, 3.63) is 77.4 Å². The van der Waals surface area contributed by atoms with Gasteiger partial charge in [-0.05, 0) is 44.1 Å². The Balaban J connectivity index is 1.39. The second-order valence-electron chi connectivity index (χ2n) is 8.90. The van der Waals surface area contributed by atoms with E-state index in [-0.39, 0.29) is 11.7 Å². The minimum absolute atomic E-state index is 0.104. The van der Waals surface area contributed by atoms with Gasteiger partial charge in [0.15, 0.2) is 11.7 Å². The van der Waals surface area contributed by atoms with E-state index in [0.29, 0.717) is 29.9 Å². The van der Waals surface area contributed by atoms with Crippen LogP contribution in [-0.4, -0.2) is 54.1 Å². The lowest BCUT2D eigenvalue weighted by Gasteiger charge is -2.35. The van der Waals surface area contributed by atoms with Gasteiger partial charge in [-0.1, -0.05) is 54.5 Å². The molecular formula is C26H32FN5O. The molecule has 1 unspecified atom stereocenters. The highest BCUT2D eigenvalue weighted by Gasteiger charge is 2.22. The molecule has 0 spiro atoms. The zero-order chi connectivity index (χ0) is 23.4. The van der Waals surface area contributed by atoms with Crippen molar-refractivity contribution in [3.63, 3.8) is 0 Å². The Bertz CT molecular complexity index is 1090. The highest BCUT2D eigenvalue weighted by atomic mass is 19.1. The lowest BCUT2D eigenvalue weighted by Crippen LogP contribution is -2.47. The molecule has 6 nitrogen and oxygen atoms in total. The van der Waals surface area contributed by atoms with Gasteiger partial charge in [0.05, 0.1) is 5.69 Å². The van der Waals surface area contributed by atoms with Crippen LogP contribution in [0.1, 0.15) is 42.7 Å². The predicted molar refractivity (Wildman–Crippen MR) is 129 cm³/mol. The zero-order valence-electron chi connectivity index (χ0n) is 19.5. The number of likely N-dealkylation sites (tertiary alicyclic amines) is 1. The van der Waals surface area contributed by atoms with Crippen LogP contribution in [-0.2, 0) is 6.54 Å². The van der Waals surface area contributed by atoms with Crippen LogP contribution in [0.25, 0.3) is 11.1 Å². The van der Waals surface area contributed by atoms with Crippen molar-refractivity contribution in [1.82, 2.24) is 15.0 Å². The summed E-state index contributed by atoms with van der Waals surface area (Å²) in [5, 5.41) is 4.20. The number of benzene rings is 2. The Hall–Kier alpha value is -3.19. The molecular weight excluding hydrogens is 417 g/mol. The number of halogens is 1. The number of hydrogen-bond donors (Lipinski definition) is 1. The molecule has 0 saturated carbocycles. The van der Waals surface area contributed by atoms with E-state index in [9.17, 15) is 4.39 Å². The summed E-state index contributed by atoms with van der Waals surface area (Å²) in [5.41, 5.74) is 9.26. The third kappa shape index (κ3) is 5.42. The fourth-order valence-electron chi connectivity index (χ4n) is 4.30. The predicted octanol–water partition coefficient (Wildman–Crippen LogP) is 4.47. The van der Waals surface area contributed by atoms with Crippen molar-refractivity contribution in [1.29, 1.82) is 0 Å². The van der Waals surface area contributed by atoms with Crippen molar-refractivity contribution in [2.75, 3.05) is 27.2 Å². The second kappa shape index (κ2) is 10.2. The van der Waals surface area contributed by atoms with Crippen LogP contribution >= 0.6 is 0 Å². The molecule has 33 heavy (non-hydrogen) atoms. The molecule has 1 aromatic heterocycles. The number of rotatable bonds is 6. The first-order valence-corrected chi connectivity index (χ1v) is 11.4. The summed E-state index contributed by atoms with van der Waals surface area (Å²) in [5.74, 6) is 0.832. The monoisotopic (exact) mass is 449 g/mol. The number of nitrogens with two attached hydrogens (primary N) is 1. The van der Waals surface area contributed by atoms with Gasteiger partial charge in [0.1, 0.15) is 12.4 Å². The van der Waals surface area contributed by atoms with Gasteiger partial charge in [-0.25, -0.2) is 9.38 Å². The molecule has 0 aliphatic carbocycles. The quantitative estimate of drug-likeness (QED) is 0.444. The molecule has 4 rings (SSSR count). The van der Waals surface area contributed by atoms with Crippen LogP contribution in [0.3, 0.4) is 0 Å². The number of guanidine groups is 1. The van der Waals surface area contributed by atoms with E-state index in [1.54, 1.807) is 6.07 Å². The van der Waals surface area contributed by atoms with E-state index in [4.69, 9.17) is 10.3 Å². The molecule has 3 aromatic rings. The Labute approximate surface area is 194 Å². The lowest BCUT2D eigenvalue weighted by molar-refractivity contribution is 0.190. The van der Waals surface area contributed by atoms with E-state index < -0.39 is 0 Å². The fraction of sp³-hybridized carbons (Fsp3) is 0.385. The minimum Gasteiger partial charge on any atom is -0.370 e. The Kier molecular flexibility index (Phi) is 7.08. The molecule has 2 heterocycles. The number of piperidine rings is 1. The number of hydrogen-bond acceptors (Lipinski definition) is 4. The smallest absolute Gasteiger partial charge is 0.191 e. The molecule has 1 fully saturated rings. The van der Waals surface area contributed by atoms with Crippen molar-refractivity contribution in [2.24, 2.45) is 10.7 Å². The summed E-state index contributed by atoms with van der Waals surface area (Å²) in [4.78, 5) is 8.89. The van der Waals surface area contributed by atoms with E-state index in [2.05, 4.69) is 34.0 Å². The Morgan fingerprint density at radius 2 is 1.91 bits per heavy atom. The number of aromatic nitrogens is 1. The fourth-order valence-corrected chi connectivity index (χ4v) is 4.30. The molecule has 7 heteroatoms. The van der Waals surface area contributed by atoms with Gasteiger partial charge in [-0.2, -0.15) is 0 Å². The van der Waals surface area contributed by atoms with Crippen LogP contribution in [0.2, 0.25) is 0 Å². The van der Waals surface area contributed by atoms with Crippen molar-refractivity contribution >= 4 is 5.96 Å². The largest absolute Gasteiger partial charge is 0.370 e. The maximum absolute atomic E-state index is 14.8. The minimum atomic E-state index is -0.246. The topological polar surface area (TPSA) is 70.9 Å². The molecule has 0 bridgehead atoms. The van der Waals surface area contributed by atoms with Gasteiger partial charge >= 0.3 is 0 Å². The summed E-state index contributed by atoms with van der Waals surface area (Å²) in [7, 11) is 4.23. The highest BCUT2D eigenvalue weighted by molar-refractivity contribution is 5.78. The molecule has 1 aliphatic rings. The molecule has 2 aromatic carbocycles. The van der Waals surface area contributed by atoms with Gasteiger partial charge < -0.3 is 20.1 Å². The average Bonchev–Trinajstić information content (AvgIpc) is 3.31. The van der Waals surface area contributed by atoms with E-state index >= 15 is 0 Å². The zero-order valence-corrected chi connectivity index (χ0v) is 19.5. The first-order valence-electron chi connectivity index (χ1n) is 11.4. The van der Waals surface area contributed by atoms with Gasteiger partial charge in [0.2, 0.25) is 0 Å². The Morgan fingerprint density at radius 3 is 2.58 bits per heavy atom. The van der Waals surface area contributed by atoms with Crippen molar-refractivity contribution in [2.45, 2.75) is 38.3 Å². The van der Waals surface area contributed by atoms with Gasteiger partial charge in [-0.15, -0.1) is 0 Å². The van der Waals surface area contributed by atoms with Crippen LogP contribution in [0, 0.1) is 5.82 Å². The molecule has 0 radical (unpaired) electrons. The number of nitrogens with zero attached hydrogens (tertiary/aromatic N) is 4. The summed E-state index contributed by atoms with van der Waals surface area (Å²) in [6.07, 6.45) is 2.15. The standard InChI is InChI=1S/C26H32FN5O/c1-18(20-9-10-23(24(27)15-20)19-7-5-4-6-8-19)25-16-22(33-30-25)17-29-26(28)32-13-11-21(12-14-32)31(2)3/h4-10,15-16,18,21H,11-14,17H2,1-3H3,(H2,28,29). The van der Waals surface area contributed by atoms with Gasteiger partial charge in [0.25, 0.3) is 0 Å². The molecule has 1 aliphatic heterocycles. The summed E-state index contributed by atoms with van der Waals surface area (Å²) in [6, 6.07) is 17.4. The maximum Gasteiger partial charge on any atom is 0.191 e. The number of aliphatic imine (C=N–C) groups is 1. The highest BCUT2D eigenvalue weighted by Crippen LogP contribution is 2.29. The normalized spacial score (nSPS) is 16.4. The van der Waals surface area contributed by atoms with Gasteiger partial charge in [0, 0.05) is 36.7 Å². The summed E-state index contributed by atoms with van der Waals surface area (Å²) in [6.45, 7) is 4.13. The molecule has 1 saturated heterocycles. The summed E-state index contributed by atoms with van der Waals surface area (Å²) < 4.78 is 20.3. The Morgan fingerprint density at radius 1 is 1.18 bits per heavy atom. The SMILES string of the molecule is CC(c1ccc(-c2ccccc2)c(F)c1)c1cc(CN=C(N)N2CCC(N(C)C)CC2)on1. The van der Waals surface area contributed by atoms with Crippen LogP contribution in [0.5, 0.6) is 0 Å². The molecule has 0 amide bonds. The maximum atomic E-state index is 14.8. The lowest BCUT2D eigenvalue weighted by atomic mass is 9.94. The van der Waals surface area contributed by atoms with Crippen molar-refractivity contribution in [3.8, 4) is 11.1 Å². The first kappa shape index (κ1) is 23.0. The van der Waals surface area contributed by atoms with Gasteiger partial charge in [-0.3, -0.25) is 0 Å². The first-order chi connectivity index (χ1) is 15.9. The summed E-state index contributed by atoms with van der Waals surface area (Å²) >= 11 is 0. The van der Waals surface area contributed by atoms with E-state index in [1.807, 2.05) is 55.5 Å². The van der Waals surface area contributed by atoms with Crippen LogP contribution < -0.4 is 5.73 Å².